The highest BCUT2D eigenvalue weighted by Crippen LogP contribution is 2.37. The van der Waals surface area contributed by atoms with E-state index in [0.29, 0.717) is 5.92 Å². The molecule has 0 bridgehead atoms. The van der Waals surface area contributed by atoms with Crippen molar-refractivity contribution in [1.29, 1.82) is 0 Å². The zero-order valence-corrected chi connectivity index (χ0v) is 20.2. The second-order valence-electron chi connectivity index (χ2n) is 9.61. The number of rotatable bonds is 11. The highest BCUT2D eigenvalue weighted by Gasteiger charge is 2.49. The minimum atomic E-state index is -2.39. The van der Waals surface area contributed by atoms with Gasteiger partial charge >= 0.3 is 0 Å². The largest absolute Gasteiger partial charge is 0.407 e. The van der Waals surface area contributed by atoms with E-state index in [4.69, 9.17) is 4.43 Å². The van der Waals surface area contributed by atoms with Gasteiger partial charge in [0.25, 0.3) is 8.32 Å². The van der Waals surface area contributed by atoms with Crippen LogP contribution >= 0.6 is 0 Å². The van der Waals surface area contributed by atoms with E-state index in [9.17, 15) is 0 Å². The number of hydrogen-bond donors (Lipinski definition) is 0. The van der Waals surface area contributed by atoms with Crippen LogP contribution in [0, 0.1) is 11.8 Å². The van der Waals surface area contributed by atoms with E-state index in [1.807, 2.05) is 6.08 Å². The summed E-state index contributed by atoms with van der Waals surface area (Å²) in [5, 5.41) is 2.79. The Balaban J connectivity index is 2.20. The van der Waals surface area contributed by atoms with Gasteiger partial charge < -0.3 is 4.43 Å². The third-order valence-corrected chi connectivity index (χ3v) is 11.1. The first-order valence-corrected chi connectivity index (χ1v) is 13.1. The fourth-order valence-electron chi connectivity index (χ4n) is 4.29. The smallest absolute Gasteiger partial charge is 0.261 e. The minimum absolute atomic E-state index is 0.0530. The molecule has 2 aromatic rings. The molecule has 0 amide bonds. The predicted octanol–water partition coefficient (Wildman–Crippen LogP) is 6.58. The van der Waals surface area contributed by atoms with E-state index in [2.05, 4.69) is 102 Å². The summed E-state index contributed by atoms with van der Waals surface area (Å²) in [7, 11) is -2.39. The molecule has 2 heteroatoms. The Labute approximate surface area is 180 Å². The van der Waals surface area contributed by atoms with E-state index < -0.39 is 8.32 Å². The van der Waals surface area contributed by atoms with Gasteiger partial charge in [-0.3, -0.25) is 0 Å². The summed E-state index contributed by atoms with van der Waals surface area (Å²) in [5.41, 5.74) is 0. The minimum Gasteiger partial charge on any atom is -0.407 e. The Morgan fingerprint density at radius 2 is 1.31 bits per heavy atom. The van der Waals surface area contributed by atoms with E-state index in [-0.39, 0.29) is 5.04 Å². The topological polar surface area (TPSA) is 9.23 Å². The molecule has 0 unspecified atom stereocenters. The molecule has 0 aliphatic carbocycles. The average molecular weight is 409 g/mol. The van der Waals surface area contributed by atoms with Gasteiger partial charge in [0, 0.05) is 6.61 Å². The molecule has 158 valence electrons. The van der Waals surface area contributed by atoms with Gasteiger partial charge in [-0.05, 0) is 40.1 Å². The van der Waals surface area contributed by atoms with E-state index in [1.54, 1.807) is 0 Å². The van der Waals surface area contributed by atoms with Crippen LogP contribution in [0.2, 0.25) is 5.04 Å². The fraction of sp³-hybridized carbons (Fsp3) is 0.481. The maximum atomic E-state index is 7.01. The number of benzene rings is 2. The van der Waals surface area contributed by atoms with Crippen LogP contribution < -0.4 is 10.4 Å². The van der Waals surface area contributed by atoms with Crippen molar-refractivity contribution in [1.82, 2.24) is 0 Å². The molecular weight excluding hydrogens is 368 g/mol. The van der Waals surface area contributed by atoms with Gasteiger partial charge in [-0.25, -0.2) is 0 Å². The molecule has 2 atom stereocenters. The van der Waals surface area contributed by atoms with Crippen molar-refractivity contribution < 1.29 is 4.43 Å². The monoisotopic (exact) mass is 408 g/mol. The summed E-state index contributed by atoms with van der Waals surface area (Å²) >= 11 is 0. The Morgan fingerprint density at radius 3 is 1.76 bits per heavy atom. The first-order valence-electron chi connectivity index (χ1n) is 11.2. The summed E-state index contributed by atoms with van der Waals surface area (Å²) in [5.74, 6) is 1.41. The maximum Gasteiger partial charge on any atom is 0.261 e. The lowest BCUT2D eigenvalue weighted by atomic mass is 9.94. The van der Waals surface area contributed by atoms with Gasteiger partial charge in [0.05, 0.1) is 0 Å². The molecular formula is C27H40OSi. The molecule has 0 spiro atoms. The Hall–Kier alpha value is -1.64. The quantitative estimate of drug-likeness (QED) is 0.301. The van der Waals surface area contributed by atoms with Gasteiger partial charge in [-0.15, -0.1) is 6.58 Å². The lowest BCUT2D eigenvalue weighted by molar-refractivity contribution is 0.259. The second kappa shape index (κ2) is 10.9. The van der Waals surface area contributed by atoms with Gasteiger partial charge in [0.15, 0.2) is 0 Å². The molecule has 0 heterocycles. The highest BCUT2D eigenvalue weighted by molar-refractivity contribution is 6.99. The summed E-state index contributed by atoms with van der Waals surface area (Å²) in [6, 6.07) is 21.9. The Bertz CT molecular complexity index is 678. The Kier molecular flexibility index (Phi) is 8.92. The number of hydrogen-bond acceptors (Lipinski definition) is 1. The van der Waals surface area contributed by atoms with Gasteiger partial charge in [0.1, 0.15) is 0 Å². The van der Waals surface area contributed by atoms with Crippen molar-refractivity contribution in [2.45, 2.75) is 65.3 Å². The molecule has 0 saturated carbocycles. The van der Waals surface area contributed by atoms with E-state index in [1.165, 1.54) is 23.2 Å². The number of allylic oxidation sites excluding steroid dienone is 1. The van der Waals surface area contributed by atoms with Crippen molar-refractivity contribution in [2.75, 3.05) is 6.61 Å². The molecule has 0 N–H and O–H groups in total. The van der Waals surface area contributed by atoms with E-state index in [0.717, 1.165) is 25.4 Å². The summed E-state index contributed by atoms with van der Waals surface area (Å²) in [6.07, 6.45) is 6.81. The maximum absolute atomic E-state index is 7.01. The van der Waals surface area contributed by atoms with Gasteiger partial charge in [-0.1, -0.05) is 114 Å². The lowest BCUT2D eigenvalue weighted by Gasteiger charge is -2.43. The van der Waals surface area contributed by atoms with E-state index >= 15 is 0 Å². The van der Waals surface area contributed by atoms with Crippen LogP contribution in [0.5, 0.6) is 0 Å². The lowest BCUT2D eigenvalue weighted by Crippen LogP contribution is -2.66. The molecule has 0 fully saturated rings. The summed E-state index contributed by atoms with van der Waals surface area (Å²) in [4.78, 5) is 0. The van der Waals surface area contributed by atoms with Crippen LogP contribution in [-0.2, 0) is 4.43 Å². The second-order valence-corrected chi connectivity index (χ2v) is 13.9. The van der Waals surface area contributed by atoms with Crippen LogP contribution in [0.3, 0.4) is 0 Å². The summed E-state index contributed by atoms with van der Waals surface area (Å²) in [6.45, 7) is 16.4. The van der Waals surface area contributed by atoms with Crippen molar-refractivity contribution in [3.05, 3.63) is 73.3 Å². The van der Waals surface area contributed by atoms with Crippen LogP contribution in [0.15, 0.2) is 73.3 Å². The highest BCUT2D eigenvalue weighted by atomic mass is 28.4. The van der Waals surface area contributed by atoms with Gasteiger partial charge in [0.2, 0.25) is 0 Å². The zero-order valence-electron chi connectivity index (χ0n) is 19.2. The summed E-state index contributed by atoms with van der Waals surface area (Å²) < 4.78 is 7.01. The Morgan fingerprint density at radius 1 is 0.828 bits per heavy atom. The fourth-order valence-corrected chi connectivity index (χ4v) is 8.87. The molecule has 2 aromatic carbocycles. The molecule has 0 saturated heterocycles. The predicted molar refractivity (Wildman–Crippen MR) is 131 cm³/mol. The standard InChI is InChI=1S/C27H40OSi/c1-7-14-23(2)19-20-24(3)21-22-28-29(27(4,5)6,25-15-10-8-11-16-25)26-17-12-9-13-18-26/h7-13,15-18,23-24H,1,14,19-22H2,2-6H3/t23-,24+/m0/s1. The third-order valence-electron chi connectivity index (χ3n) is 6.07. The van der Waals surface area contributed by atoms with Crippen molar-refractivity contribution >= 4 is 18.7 Å². The van der Waals surface area contributed by atoms with Crippen LogP contribution in [0.4, 0.5) is 0 Å². The van der Waals surface area contributed by atoms with Crippen molar-refractivity contribution in [3.8, 4) is 0 Å². The molecule has 2 rings (SSSR count). The van der Waals surface area contributed by atoms with Gasteiger partial charge in [-0.2, -0.15) is 0 Å². The third kappa shape index (κ3) is 6.17. The van der Waals surface area contributed by atoms with Crippen molar-refractivity contribution in [2.24, 2.45) is 11.8 Å². The molecule has 0 aromatic heterocycles. The first kappa shape index (κ1) is 23.6. The molecule has 1 nitrogen and oxygen atoms in total. The SMILES string of the molecule is C=CC[C@H](C)CC[C@@H](C)CCO[Si](c1ccccc1)(c1ccccc1)C(C)(C)C. The molecule has 0 aliphatic rings. The van der Waals surface area contributed by atoms with Crippen LogP contribution in [0.25, 0.3) is 0 Å². The molecule has 0 aliphatic heterocycles. The van der Waals surface area contributed by atoms with Crippen LogP contribution in [0.1, 0.15) is 60.3 Å². The molecule has 29 heavy (non-hydrogen) atoms. The molecule has 0 radical (unpaired) electrons. The zero-order chi connectivity index (χ0) is 21.3. The normalized spacial score (nSPS) is 14.4. The average Bonchev–Trinajstić information content (AvgIpc) is 2.70. The first-order chi connectivity index (χ1) is 13.8. The van der Waals surface area contributed by atoms with Crippen LogP contribution in [-0.4, -0.2) is 14.9 Å². The van der Waals surface area contributed by atoms with Crippen molar-refractivity contribution in [3.63, 3.8) is 0 Å².